The fourth-order valence-electron chi connectivity index (χ4n) is 0.782. The first kappa shape index (κ1) is 19.6. The molecule has 0 nitrogen and oxygen atoms in total. The minimum absolute atomic E-state index is 1.56. The van der Waals surface area contributed by atoms with Gasteiger partial charge in [0, 0.05) is 0 Å². The van der Waals surface area contributed by atoms with E-state index in [1.807, 2.05) is 0 Å². The zero-order valence-electron chi connectivity index (χ0n) is 8.49. The van der Waals surface area contributed by atoms with Gasteiger partial charge in [-0.25, -0.2) is 0 Å². The molecule has 0 aromatic heterocycles. The van der Waals surface area contributed by atoms with E-state index in [1.165, 1.54) is 0 Å². The number of hydrogen-bond acceptors (Lipinski definition) is 0. The molecule has 0 aliphatic heterocycles. The van der Waals surface area contributed by atoms with Crippen molar-refractivity contribution in [3.05, 3.63) is 0 Å². The third-order valence-electron chi connectivity index (χ3n) is 1.96. The SMILES string of the molecule is FC(F)(F)C(F)(F)C(F)(F)C(F)(F)C(F)(F)C(F)(F)[AsH2]. The molecule has 0 saturated heterocycles. The normalized spacial score (nSPS) is 16.5. The summed E-state index contributed by atoms with van der Waals surface area (Å²) in [4.78, 5) is 0. The molecule has 0 fully saturated rings. The topological polar surface area (TPSA) is 0 Å². The van der Waals surface area contributed by atoms with Crippen molar-refractivity contribution >= 4 is 16.9 Å². The van der Waals surface area contributed by atoms with Crippen molar-refractivity contribution in [2.24, 2.45) is 0 Å². The molecule has 0 amide bonds. The van der Waals surface area contributed by atoms with Crippen LogP contribution in [0.15, 0.2) is 0 Å². The first-order valence-electron chi connectivity index (χ1n) is 4.00. The van der Waals surface area contributed by atoms with Crippen molar-refractivity contribution in [1.82, 2.24) is 0 Å². The zero-order valence-corrected chi connectivity index (χ0v) is 10.9. The predicted octanol–water partition coefficient (Wildman–Crippen LogP) is 3.32. The van der Waals surface area contributed by atoms with E-state index in [2.05, 4.69) is 0 Å². The second-order valence-corrected chi connectivity index (χ2v) is 4.94. The number of alkyl halides is 13. The quantitative estimate of drug-likeness (QED) is 0.506. The van der Waals surface area contributed by atoms with E-state index < -0.39 is 51.4 Å². The Balaban J connectivity index is 6.08. The molecule has 0 heterocycles. The van der Waals surface area contributed by atoms with Gasteiger partial charge in [-0.15, -0.1) is 0 Å². The van der Waals surface area contributed by atoms with Crippen LogP contribution in [-0.2, 0) is 0 Å². The Kier molecular flexibility index (Phi) is 4.49. The minimum atomic E-state index is -7.79. The van der Waals surface area contributed by atoms with E-state index >= 15 is 0 Å². The van der Waals surface area contributed by atoms with Crippen molar-refractivity contribution in [3.63, 3.8) is 0 Å². The molecule has 122 valence electrons. The van der Waals surface area contributed by atoms with Crippen LogP contribution >= 0.6 is 0 Å². The Labute approximate surface area is 109 Å². The maximum atomic E-state index is 12.6. The molecule has 0 saturated carbocycles. The van der Waals surface area contributed by atoms with Crippen molar-refractivity contribution in [2.45, 2.75) is 34.6 Å². The number of rotatable bonds is 4. The molecular formula is C6H2AsF13. The Hall–Kier alpha value is -0.352. The first-order valence-corrected chi connectivity index (χ1v) is 5.21. The summed E-state index contributed by atoms with van der Waals surface area (Å²) in [6.45, 7) is 0. The fourth-order valence-corrected chi connectivity index (χ4v) is 1.16. The van der Waals surface area contributed by atoms with Crippen LogP contribution < -0.4 is 0 Å². The summed E-state index contributed by atoms with van der Waals surface area (Å²) >= 11 is -1.56. The standard InChI is InChI=1S/C6H2AsF13/c7-5(16,17)3(12,13)1(8,9)2(10,11)4(14,15)6(18,19)20/h7H2. The monoisotopic (exact) mass is 396 g/mol. The van der Waals surface area contributed by atoms with Crippen molar-refractivity contribution < 1.29 is 57.1 Å². The molecular weight excluding hydrogens is 394 g/mol. The average molecular weight is 396 g/mol. The molecule has 14 heteroatoms. The van der Waals surface area contributed by atoms with Gasteiger partial charge in [0.05, 0.1) is 0 Å². The third-order valence-corrected chi connectivity index (χ3v) is 2.72. The molecule has 0 spiro atoms. The molecule has 0 aromatic rings. The summed E-state index contributed by atoms with van der Waals surface area (Å²) in [7, 11) is 0. The van der Waals surface area contributed by atoms with Gasteiger partial charge in [0.15, 0.2) is 0 Å². The molecule has 1 unspecified atom stereocenters. The fraction of sp³-hybridized carbons (Fsp3) is 1.00. The van der Waals surface area contributed by atoms with Gasteiger partial charge >= 0.3 is 109 Å². The second-order valence-electron chi connectivity index (χ2n) is 3.42. The number of hydrogen-bond donors (Lipinski definition) is 0. The van der Waals surface area contributed by atoms with Crippen LogP contribution in [0.4, 0.5) is 57.1 Å². The van der Waals surface area contributed by atoms with Gasteiger partial charge in [0.1, 0.15) is 0 Å². The molecule has 1 atom stereocenters. The second kappa shape index (κ2) is 4.57. The van der Waals surface area contributed by atoms with Gasteiger partial charge in [0.2, 0.25) is 0 Å². The van der Waals surface area contributed by atoms with Gasteiger partial charge < -0.3 is 0 Å². The molecule has 0 aliphatic carbocycles. The summed E-state index contributed by atoms with van der Waals surface area (Å²) in [5, 5.41) is 0. The van der Waals surface area contributed by atoms with Crippen LogP contribution in [0.3, 0.4) is 0 Å². The summed E-state index contributed by atoms with van der Waals surface area (Å²) in [5.41, 5.74) is 0. The van der Waals surface area contributed by atoms with Crippen LogP contribution in [0.2, 0.25) is 0 Å². The van der Waals surface area contributed by atoms with Crippen molar-refractivity contribution in [2.75, 3.05) is 0 Å². The molecule has 20 heavy (non-hydrogen) atoms. The number of halogens is 13. The Morgan fingerprint density at radius 3 is 0.850 bits per heavy atom. The van der Waals surface area contributed by atoms with E-state index in [0.717, 1.165) is 0 Å². The third kappa shape index (κ3) is 2.45. The Morgan fingerprint density at radius 2 is 0.650 bits per heavy atom. The van der Waals surface area contributed by atoms with Gasteiger partial charge in [-0.3, -0.25) is 0 Å². The predicted molar refractivity (Wildman–Crippen MR) is 39.3 cm³/mol. The first-order chi connectivity index (χ1) is 8.25. The molecule has 0 bridgehead atoms. The Bertz CT molecular complexity index is 324. The molecule has 0 radical (unpaired) electrons. The van der Waals surface area contributed by atoms with Crippen LogP contribution in [0.1, 0.15) is 0 Å². The molecule has 0 aliphatic rings. The van der Waals surface area contributed by atoms with E-state index in [4.69, 9.17) is 0 Å². The van der Waals surface area contributed by atoms with Crippen LogP contribution in [0, 0.1) is 0 Å². The van der Waals surface area contributed by atoms with Gasteiger partial charge in [-0.2, -0.15) is 0 Å². The average Bonchev–Trinajstić information content (AvgIpc) is 2.12. The van der Waals surface area contributed by atoms with E-state index in [-0.39, 0.29) is 0 Å². The van der Waals surface area contributed by atoms with Gasteiger partial charge in [0.25, 0.3) is 0 Å². The van der Waals surface area contributed by atoms with Gasteiger partial charge in [-0.05, 0) is 0 Å². The van der Waals surface area contributed by atoms with Crippen LogP contribution in [0.25, 0.3) is 0 Å². The summed E-state index contributed by atoms with van der Waals surface area (Å²) in [6.07, 6.45) is -7.36. The summed E-state index contributed by atoms with van der Waals surface area (Å²) in [5.74, 6) is -30.2. The molecule has 0 aromatic carbocycles. The van der Waals surface area contributed by atoms with Crippen LogP contribution in [-0.4, -0.2) is 51.4 Å². The molecule has 0 rings (SSSR count). The van der Waals surface area contributed by atoms with Crippen LogP contribution in [0.5, 0.6) is 0 Å². The Morgan fingerprint density at radius 1 is 0.400 bits per heavy atom. The maximum absolute atomic E-state index is 12.6. The summed E-state index contributed by atoms with van der Waals surface area (Å²) < 4.78 is 152. The van der Waals surface area contributed by atoms with E-state index in [1.54, 1.807) is 0 Å². The van der Waals surface area contributed by atoms with Crippen molar-refractivity contribution in [1.29, 1.82) is 0 Å². The van der Waals surface area contributed by atoms with E-state index in [0.29, 0.717) is 0 Å². The summed E-state index contributed by atoms with van der Waals surface area (Å²) in [6, 6.07) is 0. The zero-order chi connectivity index (χ0) is 17.0. The van der Waals surface area contributed by atoms with Gasteiger partial charge in [-0.1, -0.05) is 0 Å². The van der Waals surface area contributed by atoms with E-state index in [9.17, 15) is 57.1 Å². The molecule has 0 N–H and O–H groups in total. The van der Waals surface area contributed by atoms with Crippen molar-refractivity contribution in [3.8, 4) is 0 Å².